The molecule has 6 nitrogen and oxygen atoms in total. The lowest BCUT2D eigenvalue weighted by atomic mass is 10.2. The van der Waals surface area contributed by atoms with Crippen LogP contribution in [0.3, 0.4) is 0 Å². The Morgan fingerprint density at radius 2 is 1.60 bits per heavy atom. The number of guanidine groups is 1. The van der Waals surface area contributed by atoms with Crippen LogP contribution < -0.4 is 10.2 Å². The van der Waals surface area contributed by atoms with E-state index in [2.05, 4.69) is 86.0 Å². The van der Waals surface area contributed by atoms with Crippen molar-refractivity contribution in [1.82, 2.24) is 20.0 Å². The predicted octanol–water partition coefficient (Wildman–Crippen LogP) is 3.45. The van der Waals surface area contributed by atoms with Crippen LogP contribution >= 0.6 is 24.0 Å². The Labute approximate surface area is 195 Å². The molecule has 0 unspecified atom stereocenters. The van der Waals surface area contributed by atoms with Gasteiger partial charge in [-0.25, -0.2) is 0 Å². The van der Waals surface area contributed by atoms with Crippen molar-refractivity contribution in [2.45, 2.75) is 13.1 Å². The first-order chi connectivity index (χ1) is 14.3. The molecule has 1 aliphatic heterocycles. The highest BCUT2D eigenvalue weighted by molar-refractivity contribution is 14.0. The predicted molar refractivity (Wildman–Crippen MR) is 134 cm³/mol. The summed E-state index contributed by atoms with van der Waals surface area (Å²) in [5.74, 6) is 0.952. The van der Waals surface area contributed by atoms with Gasteiger partial charge in [0.2, 0.25) is 0 Å². The molecular weight excluding hydrogens is 487 g/mol. The van der Waals surface area contributed by atoms with E-state index in [1.807, 2.05) is 24.0 Å². The van der Waals surface area contributed by atoms with Crippen LogP contribution in [0.25, 0.3) is 0 Å². The molecule has 2 heterocycles. The number of anilines is 1. The maximum atomic E-state index is 4.49. The fourth-order valence-electron chi connectivity index (χ4n) is 3.68. The molecule has 0 atom stereocenters. The Kier molecular flexibility index (Phi) is 8.12. The van der Waals surface area contributed by atoms with Crippen molar-refractivity contribution in [3.8, 4) is 0 Å². The van der Waals surface area contributed by atoms with Gasteiger partial charge >= 0.3 is 0 Å². The molecule has 2 aromatic carbocycles. The number of aliphatic imine (C=N–C) groups is 1. The number of para-hydroxylation sites is 1. The number of nitrogens with zero attached hydrogens (tertiary/aromatic N) is 5. The second kappa shape index (κ2) is 11.0. The molecule has 4 rings (SSSR count). The van der Waals surface area contributed by atoms with Gasteiger partial charge in [0.25, 0.3) is 0 Å². The number of piperazine rings is 1. The number of nitrogens with one attached hydrogen (secondary N) is 1. The average molecular weight is 516 g/mol. The highest BCUT2D eigenvalue weighted by atomic mass is 127. The minimum Gasteiger partial charge on any atom is -0.368 e. The summed E-state index contributed by atoms with van der Waals surface area (Å²) in [4.78, 5) is 9.24. The van der Waals surface area contributed by atoms with Gasteiger partial charge < -0.3 is 15.1 Å². The topological polar surface area (TPSA) is 48.7 Å². The van der Waals surface area contributed by atoms with E-state index >= 15 is 0 Å². The zero-order valence-electron chi connectivity index (χ0n) is 17.3. The van der Waals surface area contributed by atoms with E-state index in [0.717, 1.165) is 50.8 Å². The summed E-state index contributed by atoms with van der Waals surface area (Å²) >= 11 is 0. The van der Waals surface area contributed by atoms with Crippen LogP contribution in [0, 0.1) is 0 Å². The lowest BCUT2D eigenvalue weighted by molar-refractivity contribution is 0.372. The third-order valence-electron chi connectivity index (χ3n) is 5.24. The van der Waals surface area contributed by atoms with E-state index in [4.69, 9.17) is 0 Å². The summed E-state index contributed by atoms with van der Waals surface area (Å²) in [6.45, 7) is 5.43. The van der Waals surface area contributed by atoms with Gasteiger partial charge in [0.1, 0.15) is 0 Å². The van der Waals surface area contributed by atoms with Crippen LogP contribution in [-0.2, 0) is 13.1 Å². The molecule has 0 saturated carbocycles. The van der Waals surface area contributed by atoms with E-state index in [1.165, 1.54) is 11.3 Å². The minimum atomic E-state index is 0. The van der Waals surface area contributed by atoms with Gasteiger partial charge in [-0.3, -0.25) is 9.67 Å². The second-order valence-electron chi connectivity index (χ2n) is 7.24. The summed E-state index contributed by atoms with van der Waals surface area (Å²) < 4.78 is 1.98. The van der Waals surface area contributed by atoms with Crippen LogP contribution in [0.1, 0.15) is 11.1 Å². The van der Waals surface area contributed by atoms with Crippen LogP contribution in [0.5, 0.6) is 0 Å². The number of hydrogen-bond donors (Lipinski definition) is 1. The number of rotatable bonds is 5. The van der Waals surface area contributed by atoms with E-state index in [0.29, 0.717) is 0 Å². The van der Waals surface area contributed by atoms with Crippen molar-refractivity contribution in [1.29, 1.82) is 0 Å². The molecule has 0 radical (unpaired) electrons. The average Bonchev–Trinajstić information content (AvgIpc) is 3.23. The second-order valence-corrected chi connectivity index (χ2v) is 7.24. The molecule has 1 aromatic heterocycles. The van der Waals surface area contributed by atoms with Gasteiger partial charge in [-0.05, 0) is 17.7 Å². The van der Waals surface area contributed by atoms with Crippen molar-refractivity contribution in [2.24, 2.45) is 4.99 Å². The monoisotopic (exact) mass is 516 g/mol. The molecule has 0 bridgehead atoms. The van der Waals surface area contributed by atoms with E-state index in [-0.39, 0.29) is 24.0 Å². The van der Waals surface area contributed by atoms with Gasteiger partial charge in [0.05, 0.1) is 12.7 Å². The van der Waals surface area contributed by atoms with Gasteiger partial charge in [0, 0.05) is 57.2 Å². The third-order valence-corrected chi connectivity index (χ3v) is 5.24. The van der Waals surface area contributed by atoms with E-state index in [1.54, 1.807) is 0 Å². The SMILES string of the molecule is CN=C(NCc1cnn(Cc2ccccc2)c1)N1CCN(c2ccccc2)CC1.I. The smallest absolute Gasteiger partial charge is 0.194 e. The summed E-state index contributed by atoms with van der Waals surface area (Å²) in [6.07, 6.45) is 4.02. The van der Waals surface area contributed by atoms with Gasteiger partial charge in [0.15, 0.2) is 5.96 Å². The Bertz CT molecular complexity index is 917. The highest BCUT2D eigenvalue weighted by Gasteiger charge is 2.19. The van der Waals surface area contributed by atoms with Crippen molar-refractivity contribution in [3.05, 3.63) is 84.2 Å². The molecule has 3 aromatic rings. The van der Waals surface area contributed by atoms with Crippen molar-refractivity contribution >= 4 is 35.6 Å². The molecule has 1 fully saturated rings. The van der Waals surface area contributed by atoms with Crippen LogP contribution in [0.2, 0.25) is 0 Å². The Balaban J connectivity index is 0.00000256. The van der Waals surface area contributed by atoms with Crippen molar-refractivity contribution < 1.29 is 0 Å². The molecule has 0 spiro atoms. The molecule has 158 valence electrons. The fourth-order valence-corrected chi connectivity index (χ4v) is 3.68. The first-order valence-electron chi connectivity index (χ1n) is 10.1. The lowest BCUT2D eigenvalue weighted by Gasteiger charge is -2.37. The number of halogens is 1. The molecule has 1 aliphatic rings. The zero-order chi connectivity index (χ0) is 19.9. The summed E-state index contributed by atoms with van der Waals surface area (Å²) in [5.41, 5.74) is 3.70. The Hall–Kier alpha value is -2.55. The molecule has 7 heteroatoms. The Morgan fingerprint density at radius 1 is 0.933 bits per heavy atom. The molecular formula is C23H29IN6. The maximum absolute atomic E-state index is 4.49. The molecule has 0 aliphatic carbocycles. The third kappa shape index (κ3) is 5.75. The van der Waals surface area contributed by atoms with Crippen LogP contribution in [0.15, 0.2) is 78.0 Å². The van der Waals surface area contributed by atoms with Crippen molar-refractivity contribution in [2.75, 3.05) is 38.1 Å². The molecule has 1 N–H and O–H groups in total. The maximum Gasteiger partial charge on any atom is 0.194 e. The minimum absolute atomic E-state index is 0. The summed E-state index contributed by atoms with van der Waals surface area (Å²) in [5, 5.41) is 7.98. The first kappa shape index (κ1) is 22.1. The van der Waals surface area contributed by atoms with Crippen LogP contribution in [-0.4, -0.2) is 53.9 Å². The normalized spacial score (nSPS) is 14.4. The molecule has 30 heavy (non-hydrogen) atoms. The van der Waals surface area contributed by atoms with Crippen LogP contribution in [0.4, 0.5) is 5.69 Å². The van der Waals surface area contributed by atoms with Gasteiger partial charge in [-0.1, -0.05) is 48.5 Å². The summed E-state index contributed by atoms with van der Waals surface area (Å²) in [6, 6.07) is 21.0. The standard InChI is InChI=1S/C23H28N6.HI/c1-24-23(28-14-12-27(13-15-28)22-10-6-3-7-11-22)25-16-21-17-26-29(19-21)18-20-8-4-2-5-9-20;/h2-11,17,19H,12-16,18H2,1H3,(H,24,25);1H. The Morgan fingerprint density at radius 3 is 2.27 bits per heavy atom. The van der Waals surface area contributed by atoms with Crippen molar-refractivity contribution in [3.63, 3.8) is 0 Å². The quantitative estimate of drug-likeness (QED) is 0.321. The number of aromatic nitrogens is 2. The lowest BCUT2D eigenvalue weighted by Crippen LogP contribution is -2.52. The summed E-state index contributed by atoms with van der Waals surface area (Å²) in [7, 11) is 1.85. The van der Waals surface area contributed by atoms with Gasteiger partial charge in [-0.2, -0.15) is 5.10 Å². The van der Waals surface area contributed by atoms with E-state index in [9.17, 15) is 0 Å². The number of benzene rings is 2. The van der Waals surface area contributed by atoms with E-state index < -0.39 is 0 Å². The highest BCUT2D eigenvalue weighted by Crippen LogP contribution is 2.15. The fraction of sp³-hybridized carbons (Fsp3) is 0.304. The van der Waals surface area contributed by atoms with Gasteiger partial charge in [-0.15, -0.1) is 24.0 Å². The number of hydrogen-bond acceptors (Lipinski definition) is 3. The largest absolute Gasteiger partial charge is 0.368 e. The molecule has 0 amide bonds. The molecule has 1 saturated heterocycles. The zero-order valence-corrected chi connectivity index (χ0v) is 19.6. The first-order valence-corrected chi connectivity index (χ1v) is 10.1.